The Hall–Kier alpha value is -1.83. The lowest BCUT2D eigenvalue weighted by molar-refractivity contribution is 0.312. The molecule has 1 N–H and O–H groups in total. The summed E-state index contributed by atoms with van der Waals surface area (Å²) in [7, 11) is -1.14. The third-order valence-electron chi connectivity index (χ3n) is 3.24. The Morgan fingerprint density at radius 3 is 2.19 bits per heavy atom. The van der Waals surface area contributed by atoms with Gasteiger partial charge in [-0.2, -0.15) is 18.6 Å². The molecule has 0 radical (unpaired) electrons. The largest absolute Gasteiger partial charge is 0.291 e. The summed E-state index contributed by atoms with van der Waals surface area (Å²) in [4.78, 5) is -0.133. The minimum atomic E-state index is -4.30. The molecule has 1 aliphatic rings. The lowest BCUT2D eigenvalue weighted by Gasteiger charge is -2.33. The zero-order chi connectivity index (χ0) is 15.5. The molecule has 0 fully saturated rings. The quantitative estimate of drug-likeness (QED) is 0.526. The molecule has 0 amide bonds. The number of azo groups is 1. The van der Waals surface area contributed by atoms with E-state index in [0.717, 1.165) is 5.69 Å². The summed E-state index contributed by atoms with van der Waals surface area (Å²) < 4.78 is 32.6. The summed E-state index contributed by atoms with van der Waals surface area (Å²) in [6, 6.07) is 8.88. The number of hydrogen-bond donors (Lipinski definition) is 1. The van der Waals surface area contributed by atoms with Crippen molar-refractivity contribution >= 4 is 15.8 Å². The lowest BCUT2D eigenvalue weighted by atomic mass is 10.1. The molecule has 21 heavy (non-hydrogen) atoms. The molecule has 0 heterocycles. The second-order valence-electron chi connectivity index (χ2n) is 4.88. The molecule has 1 aromatic rings. The number of hydrogen-bond acceptors (Lipinski definition) is 5. The Bertz CT molecular complexity index is 665. The van der Waals surface area contributed by atoms with Gasteiger partial charge in [0.15, 0.2) is 4.87 Å². The Balaban J connectivity index is 2.19. The van der Waals surface area contributed by atoms with Gasteiger partial charge in [-0.25, -0.2) is 0 Å². The molecule has 0 saturated carbocycles. The molecule has 7 heteroatoms. The molecule has 6 nitrogen and oxygen atoms in total. The van der Waals surface area contributed by atoms with Crippen LogP contribution in [0.4, 0.5) is 5.69 Å². The average Bonchev–Trinajstić information content (AvgIpc) is 2.45. The van der Waals surface area contributed by atoms with E-state index in [4.69, 9.17) is 0 Å². The molecule has 0 atom stereocenters. The zero-order valence-corrected chi connectivity index (χ0v) is 12.6. The Labute approximate surface area is 124 Å². The highest BCUT2D eigenvalue weighted by Crippen LogP contribution is 2.27. The summed E-state index contributed by atoms with van der Waals surface area (Å²) in [5.41, 5.74) is 0.721. The fourth-order valence-corrected chi connectivity index (χ4v) is 2.96. The first-order valence-electron chi connectivity index (χ1n) is 6.34. The van der Waals surface area contributed by atoms with Crippen molar-refractivity contribution in [2.45, 2.75) is 10.9 Å². The van der Waals surface area contributed by atoms with Crippen LogP contribution in [0.3, 0.4) is 0 Å². The number of likely N-dealkylation sites (N-methyl/N-ethyl adjacent to an activating group) is 1. The van der Waals surface area contributed by atoms with Crippen molar-refractivity contribution in [3.63, 3.8) is 0 Å². The van der Waals surface area contributed by atoms with Crippen LogP contribution in [0.1, 0.15) is 0 Å². The van der Waals surface area contributed by atoms with Crippen LogP contribution in [0.25, 0.3) is 0 Å². The van der Waals surface area contributed by atoms with E-state index in [1.54, 1.807) is 26.2 Å². The third-order valence-corrected chi connectivity index (χ3v) is 4.70. The molecular formula is C14H17N3O3S. The smallest absolute Gasteiger partial charge is 0.284 e. The second-order valence-corrected chi connectivity index (χ2v) is 6.49. The van der Waals surface area contributed by atoms with Gasteiger partial charge in [0.05, 0.1) is 5.69 Å². The van der Waals surface area contributed by atoms with Gasteiger partial charge in [-0.15, -0.1) is 0 Å². The second kappa shape index (κ2) is 5.88. The van der Waals surface area contributed by atoms with E-state index in [-0.39, 0.29) is 6.04 Å². The predicted octanol–water partition coefficient (Wildman–Crippen LogP) is 2.41. The highest BCUT2D eigenvalue weighted by atomic mass is 32.2. The topological polar surface area (TPSA) is 82.3 Å². The van der Waals surface area contributed by atoms with Gasteiger partial charge in [0, 0.05) is 0 Å². The van der Waals surface area contributed by atoms with Gasteiger partial charge in [0.1, 0.15) is 6.04 Å². The van der Waals surface area contributed by atoms with Crippen molar-refractivity contribution in [1.82, 2.24) is 4.90 Å². The fourth-order valence-electron chi connectivity index (χ4n) is 2.00. The van der Waals surface area contributed by atoms with E-state index in [2.05, 4.69) is 10.2 Å². The molecule has 112 valence electrons. The molecular weight excluding hydrogens is 290 g/mol. The van der Waals surface area contributed by atoms with Crippen LogP contribution in [-0.2, 0) is 10.1 Å². The summed E-state index contributed by atoms with van der Waals surface area (Å²) >= 11 is 0. The van der Waals surface area contributed by atoms with Crippen LogP contribution >= 0.6 is 0 Å². The third kappa shape index (κ3) is 3.26. The van der Waals surface area contributed by atoms with E-state index in [0.29, 0.717) is 0 Å². The number of benzene rings is 1. The summed E-state index contributed by atoms with van der Waals surface area (Å²) in [5, 5.41) is 8.20. The Morgan fingerprint density at radius 2 is 1.71 bits per heavy atom. The Kier molecular flexibility index (Phi) is 4.36. The first kappa shape index (κ1) is 15.6. The summed E-state index contributed by atoms with van der Waals surface area (Å²) in [6.45, 7) is 0. The maximum Gasteiger partial charge on any atom is 0.291 e. The zero-order valence-electron chi connectivity index (χ0n) is 11.8. The highest BCUT2D eigenvalue weighted by Gasteiger charge is 2.42. The van der Waals surface area contributed by atoms with Crippen molar-refractivity contribution in [1.29, 1.82) is 0 Å². The first-order chi connectivity index (χ1) is 9.85. The SMILES string of the molecule is CN(C)C1(S(=O)(=O)O)C=CC(N=Nc2ccccc2)C=C1. The molecule has 1 aliphatic carbocycles. The van der Waals surface area contributed by atoms with Crippen molar-refractivity contribution in [3.8, 4) is 0 Å². The highest BCUT2D eigenvalue weighted by molar-refractivity contribution is 7.87. The molecule has 0 bridgehead atoms. The lowest BCUT2D eigenvalue weighted by Crippen LogP contribution is -2.48. The monoisotopic (exact) mass is 307 g/mol. The van der Waals surface area contributed by atoms with Gasteiger partial charge < -0.3 is 0 Å². The molecule has 0 spiro atoms. The standard InChI is InChI=1S/C14H17N3O3S/c1-17(2)14(21(18,19)20)10-8-13(9-11-14)16-15-12-6-4-3-5-7-12/h3-11,13H,1-2H3,(H,18,19,20). The van der Waals surface area contributed by atoms with E-state index in [9.17, 15) is 13.0 Å². The van der Waals surface area contributed by atoms with Gasteiger partial charge in [-0.1, -0.05) is 30.4 Å². The van der Waals surface area contributed by atoms with Crippen LogP contribution in [0.15, 0.2) is 64.9 Å². The van der Waals surface area contributed by atoms with Crippen LogP contribution in [0, 0.1) is 0 Å². The summed E-state index contributed by atoms with van der Waals surface area (Å²) in [5.74, 6) is 0. The van der Waals surface area contributed by atoms with E-state index in [1.165, 1.54) is 17.1 Å². The Morgan fingerprint density at radius 1 is 1.14 bits per heavy atom. The molecule has 0 saturated heterocycles. The van der Waals surface area contributed by atoms with Crippen LogP contribution in [0.2, 0.25) is 0 Å². The van der Waals surface area contributed by atoms with Gasteiger partial charge in [-0.05, 0) is 38.4 Å². The molecule has 0 aromatic heterocycles. The van der Waals surface area contributed by atoms with E-state index < -0.39 is 15.0 Å². The van der Waals surface area contributed by atoms with Crippen LogP contribution in [0.5, 0.6) is 0 Å². The first-order valence-corrected chi connectivity index (χ1v) is 7.78. The summed E-state index contributed by atoms with van der Waals surface area (Å²) in [6.07, 6.45) is 6.02. The molecule has 0 aliphatic heterocycles. The van der Waals surface area contributed by atoms with Crippen LogP contribution in [-0.4, -0.2) is 42.9 Å². The van der Waals surface area contributed by atoms with Gasteiger partial charge in [-0.3, -0.25) is 9.45 Å². The predicted molar refractivity (Wildman–Crippen MR) is 81.0 cm³/mol. The average molecular weight is 307 g/mol. The van der Waals surface area contributed by atoms with E-state index >= 15 is 0 Å². The minimum Gasteiger partial charge on any atom is -0.284 e. The molecule has 1 aromatic carbocycles. The van der Waals surface area contributed by atoms with Crippen molar-refractivity contribution in [3.05, 3.63) is 54.6 Å². The number of nitrogens with zero attached hydrogens (tertiary/aromatic N) is 3. The minimum absolute atomic E-state index is 0.361. The molecule has 2 rings (SSSR count). The fraction of sp³-hybridized carbons (Fsp3) is 0.286. The maximum atomic E-state index is 11.6. The van der Waals surface area contributed by atoms with Gasteiger partial charge in [0.2, 0.25) is 0 Å². The van der Waals surface area contributed by atoms with Crippen molar-refractivity contribution in [2.24, 2.45) is 10.2 Å². The van der Waals surface area contributed by atoms with Crippen molar-refractivity contribution < 1.29 is 13.0 Å². The van der Waals surface area contributed by atoms with Crippen LogP contribution < -0.4 is 0 Å². The maximum absolute atomic E-state index is 11.6. The van der Waals surface area contributed by atoms with Crippen molar-refractivity contribution in [2.75, 3.05) is 14.1 Å². The molecule has 0 unspecified atom stereocenters. The van der Waals surface area contributed by atoms with E-state index in [1.807, 2.05) is 30.3 Å². The number of rotatable bonds is 4. The van der Waals surface area contributed by atoms with Gasteiger partial charge in [0.25, 0.3) is 10.1 Å². The normalized spacial score (nSPS) is 25.8. The van der Waals surface area contributed by atoms with Gasteiger partial charge >= 0.3 is 0 Å².